The van der Waals surface area contributed by atoms with Crippen molar-refractivity contribution in [1.29, 1.82) is 0 Å². The van der Waals surface area contributed by atoms with E-state index in [4.69, 9.17) is 16.3 Å². The Labute approximate surface area is 151 Å². The fraction of sp³-hybridized carbons (Fsp3) is 0.316. The molecule has 2 aromatic rings. The number of rotatable bonds is 4. The van der Waals surface area contributed by atoms with Gasteiger partial charge in [0.1, 0.15) is 18.1 Å². The van der Waals surface area contributed by atoms with Crippen LogP contribution in [0.5, 0.6) is 5.75 Å². The molecule has 25 heavy (non-hydrogen) atoms. The van der Waals surface area contributed by atoms with Crippen molar-refractivity contribution in [2.24, 2.45) is 0 Å². The van der Waals surface area contributed by atoms with E-state index in [1.54, 1.807) is 11.0 Å². The minimum Gasteiger partial charge on any atom is -0.497 e. The van der Waals surface area contributed by atoms with Crippen molar-refractivity contribution < 1.29 is 18.8 Å². The zero-order chi connectivity index (χ0) is 17.8. The van der Waals surface area contributed by atoms with Gasteiger partial charge in [0.05, 0.1) is 38.9 Å². The zero-order valence-corrected chi connectivity index (χ0v) is 14.9. The molecule has 1 saturated heterocycles. The van der Waals surface area contributed by atoms with Gasteiger partial charge in [0, 0.05) is 16.7 Å². The van der Waals surface area contributed by atoms with E-state index in [1.807, 2.05) is 18.2 Å². The van der Waals surface area contributed by atoms with Crippen LogP contribution >= 0.6 is 11.6 Å². The predicted octanol–water partition coefficient (Wildman–Crippen LogP) is 2.03. The summed E-state index contributed by atoms with van der Waals surface area (Å²) in [6.07, 6.45) is 0. The largest absolute Gasteiger partial charge is 0.497 e. The molecule has 1 amide bonds. The van der Waals surface area contributed by atoms with Crippen LogP contribution in [-0.4, -0.2) is 44.1 Å². The second kappa shape index (κ2) is 7.85. The van der Waals surface area contributed by atoms with Crippen LogP contribution in [0.1, 0.15) is 15.9 Å². The Kier molecular flexibility index (Phi) is 5.56. The van der Waals surface area contributed by atoms with Crippen molar-refractivity contribution in [3.8, 4) is 5.75 Å². The number of carbonyl (C=O) groups excluding carboxylic acids is 1. The SMILES string of the molecule is COc1ccc(C(=O)N2CC[NH+](Cc3cccc(Cl)c3)CC2)c(F)c1. The van der Waals surface area contributed by atoms with Gasteiger partial charge in [-0.1, -0.05) is 23.7 Å². The molecule has 0 bridgehead atoms. The number of nitrogens with zero attached hydrogens (tertiary/aromatic N) is 1. The molecule has 0 aromatic heterocycles. The smallest absolute Gasteiger partial charge is 0.257 e. The average Bonchev–Trinajstić information content (AvgIpc) is 2.62. The summed E-state index contributed by atoms with van der Waals surface area (Å²) >= 11 is 6.02. The summed E-state index contributed by atoms with van der Waals surface area (Å²) in [6.45, 7) is 3.76. The lowest BCUT2D eigenvalue weighted by Gasteiger charge is -2.32. The van der Waals surface area contributed by atoms with Crippen LogP contribution in [0.3, 0.4) is 0 Å². The highest BCUT2D eigenvalue weighted by Gasteiger charge is 2.26. The maximum Gasteiger partial charge on any atom is 0.257 e. The molecule has 0 spiro atoms. The van der Waals surface area contributed by atoms with Crippen LogP contribution in [0.4, 0.5) is 4.39 Å². The number of amides is 1. The quantitative estimate of drug-likeness (QED) is 0.902. The maximum absolute atomic E-state index is 14.1. The fourth-order valence-electron chi connectivity index (χ4n) is 3.11. The molecule has 1 N–H and O–H groups in total. The van der Waals surface area contributed by atoms with Gasteiger partial charge in [-0.05, 0) is 24.3 Å². The molecule has 132 valence electrons. The zero-order valence-electron chi connectivity index (χ0n) is 14.1. The third kappa shape index (κ3) is 4.30. The summed E-state index contributed by atoms with van der Waals surface area (Å²) in [4.78, 5) is 15.7. The number of nitrogens with one attached hydrogen (secondary N) is 1. The average molecular weight is 364 g/mol. The minimum atomic E-state index is -0.543. The Bertz CT molecular complexity index is 761. The number of hydrogen-bond donors (Lipinski definition) is 1. The first-order valence-electron chi connectivity index (χ1n) is 8.27. The second-order valence-corrected chi connectivity index (χ2v) is 6.63. The van der Waals surface area contributed by atoms with E-state index in [0.29, 0.717) is 18.8 Å². The van der Waals surface area contributed by atoms with Gasteiger partial charge in [0.2, 0.25) is 0 Å². The number of quaternary nitrogens is 1. The lowest BCUT2D eigenvalue weighted by molar-refractivity contribution is -0.917. The Morgan fingerprint density at radius 3 is 2.64 bits per heavy atom. The molecule has 1 aliphatic heterocycles. The van der Waals surface area contributed by atoms with Gasteiger partial charge in [-0.2, -0.15) is 0 Å². The number of carbonyl (C=O) groups is 1. The van der Waals surface area contributed by atoms with Gasteiger partial charge < -0.3 is 14.5 Å². The molecule has 1 aliphatic rings. The highest BCUT2D eigenvalue weighted by atomic mass is 35.5. The van der Waals surface area contributed by atoms with Crippen LogP contribution < -0.4 is 9.64 Å². The number of ether oxygens (including phenoxy) is 1. The van der Waals surface area contributed by atoms with Crippen molar-refractivity contribution in [3.63, 3.8) is 0 Å². The van der Waals surface area contributed by atoms with Crippen molar-refractivity contribution in [2.75, 3.05) is 33.3 Å². The first kappa shape index (κ1) is 17.7. The topological polar surface area (TPSA) is 34.0 Å². The molecular weight excluding hydrogens is 343 g/mol. The van der Waals surface area contributed by atoms with Crippen LogP contribution in [0.25, 0.3) is 0 Å². The number of halogens is 2. The van der Waals surface area contributed by atoms with Crippen LogP contribution in [0, 0.1) is 5.82 Å². The lowest BCUT2D eigenvalue weighted by atomic mass is 10.1. The highest BCUT2D eigenvalue weighted by Crippen LogP contribution is 2.18. The summed E-state index contributed by atoms with van der Waals surface area (Å²) < 4.78 is 19.1. The van der Waals surface area contributed by atoms with Crippen molar-refractivity contribution >= 4 is 17.5 Å². The number of methoxy groups -OCH3 is 1. The minimum absolute atomic E-state index is 0.0964. The molecule has 0 saturated carbocycles. The summed E-state index contributed by atoms with van der Waals surface area (Å²) in [5.41, 5.74) is 1.28. The summed E-state index contributed by atoms with van der Waals surface area (Å²) in [6, 6.07) is 12.2. The van der Waals surface area contributed by atoms with Crippen LogP contribution in [0.2, 0.25) is 5.02 Å². The molecule has 3 rings (SSSR count). The van der Waals surface area contributed by atoms with Crippen molar-refractivity contribution in [1.82, 2.24) is 4.90 Å². The summed E-state index contributed by atoms with van der Waals surface area (Å²) in [7, 11) is 1.47. The van der Waals surface area contributed by atoms with E-state index >= 15 is 0 Å². The van der Waals surface area contributed by atoms with Gasteiger partial charge >= 0.3 is 0 Å². The maximum atomic E-state index is 14.1. The molecular formula is C19H21ClFN2O2+. The van der Waals surface area contributed by atoms with Gasteiger partial charge in [-0.25, -0.2) is 4.39 Å². The molecule has 4 nitrogen and oxygen atoms in total. The second-order valence-electron chi connectivity index (χ2n) is 6.19. The third-order valence-corrected chi connectivity index (χ3v) is 4.74. The van der Waals surface area contributed by atoms with Crippen molar-refractivity contribution in [3.05, 3.63) is 64.4 Å². The Morgan fingerprint density at radius 1 is 1.24 bits per heavy atom. The van der Waals surface area contributed by atoms with E-state index in [-0.39, 0.29) is 11.5 Å². The molecule has 0 aliphatic carbocycles. The number of benzene rings is 2. The lowest BCUT2D eigenvalue weighted by Crippen LogP contribution is -3.13. The molecule has 6 heteroatoms. The van der Waals surface area contributed by atoms with E-state index in [9.17, 15) is 9.18 Å². The van der Waals surface area contributed by atoms with Gasteiger partial charge in [-0.15, -0.1) is 0 Å². The fourth-order valence-corrected chi connectivity index (χ4v) is 3.32. The standard InChI is InChI=1S/C19H20ClFN2O2/c1-25-16-5-6-17(18(21)12-16)19(24)23-9-7-22(8-10-23)13-14-3-2-4-15(20)11-14/h2-6,11-12H,7-10,13H2,1H3/p+1. The number of hydrogen-bond acceptors (Lipinski definition) is 2. The Hall–Kier alpha value is -2.11. The Balaban J connectivity index is 1.59. The van der Waals surface area contributed by atoms with Crippen LogP contribution in [-0.2, 0) is 6.54 Å². The summed E-state index contributed by atoms with van der Waals surface area (Å²) in [5, 5.41) is 0.737. The molecule has 0 unspecified atom stereocenters. The first-order valence-corrected chi connectivity index (χ1v) is 8.65. The van der Waals surface area contributed by atoms with E-state index in [2.05, 4.69) is 6.07 Å². The van der Waals surface area contributed by atoms with Gasteiger partial charge in [0.15, 0.2) is 0 Å². The number of piperazine rings is 1. The summed E-state index contributed by atoms with van der Waals surface area (Å²) in [5.74, 6) is -0.398. The molecule has 1 heterocycles. The van der Waals surface area contributed by atoms with Gasteiger partial charge in [-0.3, -0.25) is 4.79 Å². The van der Waals surface area contributed by atoms with Gasteiger partial charge in [0.25, 0.3) is 5.91 Å². The van der Waals surface area contributed by atoms with Crippen LogP contribution in [0.15, 0.2) is 42.5 Å². The molecule has 1 fully saturated rings. The molecule has 2 aromatic carbocycles. The van der Waals surface area contributed by atoms with E-state index in [1.165, 1.54) is 29.7 Å². The normalized spacial score (nSPS) is 15.2. The van der Waals surface area contributed by atoms with E-state index in [0.717, 1.165) is 24.7 Å². The Morgan fingerprint density at radius 2 is 2.00 bits per heavy atom. The molecule has 0 radical (unpaired) electrons. The van der Waals surface area contributed by atoms with E-state index < -0.39 is 5.82 Å². The molecule has 0 atom stereocenters. The highest BCUT2D eigenvalue weighted by molar-refractivity contribution is 6.30. The third-order valence-electron chi connectivity index (χ3n) is 4.51. The first-order chi connectivity index (χ1) is 12.1. The van der Waals surface area contributed by atoms with Crippen molar-refractivity contribution in [2.45, 2.75) is 6.54 Å². The monoisotopic (exact) mass is 363 g/mol. The predicted molar refractivity (Wildman–Crippen MR) is 94.7 cm³/mol.